The number of hydrogen-bond donors (Lipinski definition) is 2. The maximum absolute atomic E-state index is 5.80. The number of morpholine rings is 1. The highest BCUT2D eigenvalue weighted by Crippen LogP contribution is 1.96. The largest absolute Gasteiger partial charge is 0.379 e. The smallest absolute Gasteiger partial charge is 0.0604 e. The molecule has 0 aromatic rings. The molecule has 1 rings (SSSR count). The van der Waals surface area contributed by atoms with Gasteiger partial charge < -0.3 is 10.5 Å². The summed E-state index contributed by atoms with van der Waals surface area (Å²) < 4.78 is 5.26. The summed E-state index contributed by atoms with van der Waals surface area (Å²) in [5.74, 6) is 0. The van der Waals surface area contributed by atoms with Gasteiger partial charge in [0.15, 0.2) is 0 Å². The number of ether oxygens (including phenoxy) is 1. The molecule has 13 heavy (non-hydrogen) atoms. The number of hydrogen-bond acceptors (Lipinski definition) is 4. The van der Waals surface area contributed by atoms with Gasteiger partial charge in [-0.15, -0.1) is 0 Å². The quantitative estimate of drug-likeness (QED) is 0.588. The molecule has 0 aliphatic carbocycles. The minimum Gasteiger partial charge on any atom is -0.379 e. The molecule has 0 amide bonds. The summed E-state index contributed by atoms with van der Waals surface area (Å²) in [7, 11) is 0. The average Bonchev–Trinajstić information content (AvgIpc) is 2.04. The molecule has 0 radical (unpaired) electrons. The van der Waals surface area contributed by atoms with Gasteiger partial charge in [0.2, 0.25) is 0 Å². The molecule has 0 saturated carbocycles. The van der Waals surface area contributed by atoms with Crippen LogP contribution in [0.5, 0.6) is 0 Å². The summed E-state index contributed by atoms with van der Waals surface area (Å²) in [6.07, 6.45) is 0. The van der Waals surface area contributed by atoms with E-state index in [4.69, 9.17) is 10.5 Å². The maximum atomic E-state index is 5.80. The van der Waals surface area contributed by atoms with E-state index in [1.807, 2.05) is 13.8 Å². The van der Waals surface area contributed by atoms with Gasteiger partial charge in [0, 0.05) is 26.2 Å². The fourth-order valence-electron chi connectivity index (χ4n) is 1.36. The molecule has 4 nitrogen and oxygen atoms in total. The van der Waals surface area contributed by atoms with Crippen molar-refractivity contribution in [2.75, 3.05) is 39.4 Å². The Bertz CT molecular complexity index is 138. The van der Waals surface area contributed by atoms with Crippen LogP contribution in [0.15, 0.2) is 0 Å². The lowest BCUT2D eigenvalue weighted by Crippen LogP contribution is -2.51. The van der Waals surface area contributed by atoms with Crippen LogP contribution in [-0.2, 0) is 4.74 Å². The van der Waals surface area contributed by atoms with Crippen LogP contribution >= 0.6 is 0 Å². The molecule has 0 spiro atoms. The first kappa shape index (κ1) is 10.9. The molecule has 1 saturated heterocycles. The topological polar surface area (TPSA) is 50.5 Å². The standard InChI is InChI=1S/C9H21N3O/c1-9(2,10)11-3-4-12-5-7-13-8-6-12/h11H,3-8,10H2,1-2H3. The van der Waals surface area contributed by atoms with E-state index in [0.29, 0.717) is 0 Å². The van der Waals surface area contributed by atoms with Crippen LogP contribution in [0.2, 0.25) is 0 Å². The van der Waals surface area contributed by atoms with Crippen LogP contribution in [-0.4, -0.2) is 50.0 Å². The molecule has 1 fully saturated rings. The summed E-state index contributed by atoms with van der Waals surface area (Å²) >= 11 is 0. The second kappa shape index (κ2) is 4.91. The maximum Gasteiger partial charge on any atom is 0.0604 e. The van der Waals surface area contributed by atoms with Gasteiger partial charge in [-0.25, -0.2) is 0 Å². The molecule has 1 aliphatic heterocycles. The summed E-state index contributed by atoms with van der Waals surface area (Å²) in [6, 6.07) is 0. The Balaban J connectivity index is 2.04. The Morgan fingerprint density at radius 2 is 2.00 bits per heavy atom. The molecule has 4 heteroatoms. The predicted molar refractivity (Wildman–Crippen MR) is 53.5 cm³/mol. The molecule has 78 valence electrons. The second-order valence-corrected chi connectivity index (χ2v) is 4.10. The molecule has 0 unspecified atom stereocenters. The highest BCUT2D eigenvalue weighted by atomic mass is 16.5. The molecule has 0 aromatic heterocycles. The third-order valence-electron chi connectivity index (χ3n) is 2.11. The van der Waals surface area contributed by atoms with Crippen molar-refractivity contribution in [3.8, 4) is 0 Å². The van der Waals surface area contributed by atoms with Crippen molar-refractivity contribution in [3.05, 3.63) is 0 Å². The van der Waals surface area contributed by atoms with E-state index in [0.717, 1.165) is 39.4 Å². The normalized spacial score (nSPS) is 20.5. The van der Waals surface area contributed by atoms with E-state index in [2.05, 4.69) is 10.2 Å². The summed E-state index contributed by atoms with van der Waals surface area (Å²) in [5, 5.41) is 3.26. The Kier molecular flexibility index (Phi) is 4.12. The molecule has 1 aliphatic rings. The summed E-state index contributed by atoms with van der Waals surface area (Å²) in [5.41, 5.74) is 5.54. The van der Waals surface area contributed by atoms with Gasteiger partial charge in [0.25, 0.3) is 0 Å². The van der Waals surface area contributed by atoms with Gasteiger partial charge in [-0.3, -0.25) is 10.2 Å². The Hall–Kier alpha value is -0.160. The summed E-state index contributed by atoms with van der Waals surface area (Å²) in [6.45, 7) is 9.80. The molecule has 0 bridgehead atoms. The molecular weight excluding hydrogens is 166 g/mol. The molecular formula is C9H21N3O. The van der Waals surface area contributed by atoms with Gasteiger partial charge in [-0.2, -0.15) is 0 Å². The van der Waals surface area contributed by atoms with Crippen LogP contribution in [0.3, 0.4) is 0 Å². The van der Waals surface area contributed by atoms with Crippen LogP contribution in [0.1, 0.15) is 13.8 Å². The zero-order valence-electron chi connectivity index (χ0n) is 8.68. The van der Waals surface area contributed by atoms with E-state index in [-0.39, 0.29) is 5.66 Å². The Morgan fingerprint density at radius 3 is 2.54 bits per heavy atom. The lowest BCUT2D eigenvalue weighted by atomic mass is 10.2. The van der Waals surface area contributed by atoms with Crippen LogP contribution in [0.4, 0.5) is 0 Å². The monoisotopic (exact) mass is 187 g/mol. The van der Waals surface area contributed by atoms with Crippen molar-refractivity contribution in [3.63, 3.8) is 0 Å². The van der Waals surface area contributed by atoms with Gasteiger partial charge in [-0.05, 0) is 13.8 Å². The van der Waals surface area contributed by atoms with Gasteiger partial charge in [0.1, 0.15) is 0 Å². The van der Waals surface area contributed by atoms with E-state index >= 15 is 0 Å². The average molecular weight is 187 g/mol. The van der Waals surface area contributed by atoms with E-state index < -0.39 is 0 Å². The van der Waals surface area contributed by atoms with Crippen LogP contribution < -0.4 is 11.1 Å². The molecule has 3 N–H and O–H groups in total. The first-order valence-corrected chi connectivity index (χ1v) is 4.92. The highest BCUT2D eigenvalue weighted by Gasteiger charge is 2.12. The van der Waals surface area contributed by atoms with Gasteiger partial charge in [-0.1, -0.05) is 0 Å². The zero-order valence-corrected chi connectivity index (χ0v) is 8.68. The van der Waals surface area contributed by atoms with Crippen molar-refractivity contribution in [1.82, 2.24) is 10.2 Å². The van der Waals surface area contributed by atoms with Crippen molar-refractivity contribution in [1.29, 1.82) is 0 Å². The third kappa shape index (κ3) is 5.21. The lowest BCUT2D eigenvalue weighted by molar-refractivity contribution is 0.0377. The molecule has 0 atom stereocenters. The second-order valence-electron chi connectivity index (χ2n) is 4.10. The predicted octanol–water partition coefficient (Wildman–Crippen LogP) is -0.397. The van der Waals surface area contributed by atoms with E-state index in [1.54, 1.807) is 0 Å². The number of rotatable bonds is 4. The SMILES string of the molecule is CC(C)(N)NCCN1CCOCC1. The molecule has 1 heterocycles. The number of nitrogens with zero attached hydrogens (tertiary/aromatic N) is 1. The number of nitrogens with one attached hydrogen (secondary N) is 1. The first-order valence-electron chi connectivity index (χ1n) is 4.92. The minimum atomic E-state index is -0.258. The van der Waals surface area contributed by atoms with Crippen LogP contribution in [0.25, 0.3) is 0 Å². The Morgan fingerprint density at radius 1 is 1.38 bits per heavy atom. The zero-order chi connectivity index (χ0) is 9.73. The van der Waals surface area contributed by atoms with Crippen molar-refractivity contribution < 1.29 is 4.74 Å². The van der Waals surface area contributed by atoms with Gasteiger partial charge >= 0.3 is 0 Å². The van der Waals surface area contributed by atoms with Gasteiger partial charge in [0.05, 0.1) is 18.9 Å². The van der Waals surface area contributed by atoms with E-state index in [1.165, 1.54) is 0 Å². The highest BCUT2D eigenvalue weighted by molar-refractivity contribution is 4.70. The number of nitrogens with two attached hydrogens (primary N) is 1. The van der Waals surface area contributed by atoms with Crippen molar-refractivity contribution >= 4 is 0 Å². The summed E-state index contributed by atoms with van der Waals surface area (Å²) in [4.78, 5) is 2.39. The fourth-order valence-corrected chi connectivity index (χ4v) is 1.36. The fraction of sp³-hybridized carbons (Fsp3) is 1.00. The lowest BCUT2D eigenvalue weighted by Gasteiger charge is -2.28. The first-order chi connectivity index (χ1) is 6.08. The van der Waals surface area contributed by atoms with Crippen molar-refractivity contribution in [2.45, 2.75) is 19.5 Å². The van der Waals surface area contributed by atoms with E-state index in [9.17, 15) is 0 Å². The van der Waals surface area contributed by atoms with Crippen LogP contribution in [0, 0.1) is 0 Å². The third-order valence-corrected chi connectivity index (χ3v) is 2.11. The minimum absolute atomic E-state index is 0.258. The Labute approximate surface area is 80.4 Å². The van der Waals surface area contributed by atoms with Crippen molar-refractivity contribution in [2.24, 2.45) is 5.73 Å². The molecule has 0 aromatic carbocycles.